The molecular formula is C18H15N5O3S. The number of esters is 1. The van der Waals surface area contributed by atoms with Gasteiger partial charge in [0, 0.05) is 11.6 Å². The summed E-state index contributed by atoms with van der Waals surface area (Å²) in [5, 5.41) is 9.77. The summed E-state index contributed by atoms with van der Waals surface area (Å²) in [7, 11) is 1.30. The first-order valence-electron chi connectivity index (χ1n) is 8.08. The van der Waals surface area contributed by atoms with Crippen LogP contribution in [-0.2, 0) is 4.74 Å². The number of nitrogens with zero attached hydrogens (tertiary/aromatic N) is 4. The van der Waals surface area contributed by atoms with E-state index in [0.29, 0.717) is 28.0 Å². The lowest BCUT2D eigenvalue weighted by molar-refractivity contribution is 0.0601. The van der Waals surface area contributed by atoms with Gasteiger partial charge in [-0.2, -0.15) is 4.98 Å². The Labute approximate surface area is 157 Å². The van der Waals surface area contributed by atoms with Gasteiger partial charge in [-0.3, -0.25) is 19.4 Å². The fourth-order valence-electron chi connectivity index (χ4n) is 3.05. The molecule has 0 fully saturated rings. The average molecular weight is 381 g/mol. The van der Waals surface area contributed by atoms with Crippen molar-refractivity contribution in [1.82, 2.24) is 24.7 Å². The molecule has 0 atom stereocenters. The normalized spacial score (nSPS) is 11.1. The molecule has 1 N–H and O–H groups in total. The van der Waals surface area contributed by atoms with Crippen molar-refractivity contribution in [2.45, 2.75) is 13.8 Å². The number of hydrogen-bond donors (Lipinski definition) is 1. The second-order valence-electron chi connectivity index (χ2n) is 5.89. The van der Waals surface area contributed by atoms with Gasteiger partial charge in [-0.1, -0.05) is 6.07 Å². The lowest BCUT2D eigenvalue weighted by atomic mass is 10.0. The van der Waals surface area contributed by atoms with Gasteiger partial charge in [-0.15, -0.1) is 16.4 Å². The molecule has 0 unspecified atom stereocenters. The molecular weight excluding hydrogens is 366 g/mol. The highest BCUT2D eigenvalue weighted by atomic mass is 32.1. The second kappa shape index (κ2) is 6.44. The molecule has 0 saturated heterocycles. The van der Waals surface area contributed by atoms with E-state index >= 15 is 0 Å². The highest BCUT2D eigenvalue weighted by molar-refractivity contribution is 7.13. The van der Waals surface area contributed by atoms with Crippen molar-refractivity contribution >= 4 is 28.1 Å². The lowest BCUT2D eigenvalue weighted by Gasteiger charge is -2.11. The number of rotatable bonds is 3. The van der Waals surface area contributed by atoms with Crippen molar-refractivity contribution in [2.75, 3.05) is 7.11 Å². The molecule has 0 bridgehead atoms. The van der Waals surface area contributed by atoms with Gasteiger partial charge >= 0.3 is 5.97 Å². The molecule has 4 aromatic heterocycles. The zero-order chi connectivity index (χ0) is 19.1. The van der Waals surface area contributed by atoms with Crippen molar-refractivity contribution in [3.8, 4) is 16.6 Å². The quantitative estimate of drug-likeness (QED) is 0.547. The number of aromatic amines is 1. The number of methoxy groups -OCH3 is 1. The smallest absolute Gasteiger partial charge is 0.340 e. The summed E-state index contributed by atoms with van der Waals surface area (Å²) in [6, 6.07) is 5.51. The first kappa shape index (κ1) is 17.1. The van der Waals surface area contributed by atoms with Crippen LogP contribution in [0.3, 0.4) is 0 Å². The third-order valence-electron chi connectivity index (χ3n) is 4.25. The Hall–Kier alpha value is -3.33. The van der Waals surface area contributed by atoms with Crippen molar-refractivity contribution in [2.24, 2.45) is 0 Å². The fourth-order valence-corrected chi connectivity index (χ4v) is 3.72. The van der Waals surface area contributed by atoms with E-state index in [9.17, 15) is 9.59 Å². The van der Waals surface area contributed by atoms with E-state index in [1.807, 2.05) is 17.5 Å². The monoisotopic (exact) mass is 381 g/mol. The first-order chi connectivity index (χ1) is 13.0. The Kier molecular flexibility index (Phi) is 4.08. The number of thiophene rings is 1. The summed E-state index contributed by atoms with van der Waals surface area (Å²) >= 11 is 1.52. The van der Waals surface area contributed by atoms with Crippen LogP contribution in [0.15, 0.2) is 34.6 Å². The summed E-state index contributed by atoms with van der Waals surface area (Å²) < 4.78 is 6.18. The van der Waals surface area contributed by atoms with E-state index in [1.165, 1.54) is 23.0 Å². The zero-order valence-electron chi connectivity index (χ0n) is 14.8. The minimum absolute atomic E-state index is 0.227. The molecule has 0 aromatic carbocycles. The number of hydrogen-bond acceptors (Lipinski definition) is 7. The predicted octanol–water partition coefficient (Wildman–Crippen LogP) is 2.64. The second-order valence-corrected chi connectivity index (χ2v) is 6.84. The molecule has 0 saturated carbocycles. The molecule has 0 aliphatic heterocycles. The minimum atomic E-state index is -0.528. The Morgan fingerprint density at radius 2 is 2.04 bits per heavy atom. The predicted molar refractivity (Wildman–Crippen MR) is 101 cm³/mol. The number of carbonyl (C=O) groups is 1. The van der Waals surface area contributed by atoms with E-state index in [1.54, 1.807) is 26.1 Å². The van der Waals surface area contributed by atoms with Crippen LogP contribution in [0.4, 0.5) is 0 Å². The molecule has 0 aliphatic rings. The van der Waals surface area contributed by atoms with Gasteiger partial charge in [0.1, 0.15) is 0 Å². The summed E-state index contributed by atoms with van der Waals surface area (Å²) in [5.74, 6) is 0.283. The van der Waals surface area contributed by atoms with Crippen LogP contribution in [0.1, 0.15) is 21.7 Å². The Morgan fingerprint density at radius 3 is 2.74 bits per heavy atom. The summed E-state index contributed by atoms with van der Waals surface area (Å²) in [4.78, 5) is 34.9. The molecule has 136 valence electrons. The Morgan fingerprint density at radius 1 is 1.22 bits per heavy atom. The van der Waals surface area contributed by atoms with E-state index in [0.717, 1.165) is 4.88 Å². The molecule has 4 aromatic rings. The summed E-state index contributed by atoms with van der Waals surface area (Å²) in [6.07, 6.45) is 1.55. The molecule has 4 heterocycles. The first-order valence-corrected chi connectivity index (χ1v) is 8.96. The Balaban J connectivity index is 1.93. The summed E-state index contributed by atoms with van der Waals surface area (Å²) in [6.45, 7) is 3.45. The van der Waals surface area contributed by atoms with Gasteiger partial charge in [0.05, 0.1) is 34.3 Å². The van der Waals surface area contributed by atoms with E-state index < -0.39 is 5.97 Å². The van der Waals surface area contributed by atoms with Crippen molar-refractivity contribution in [3.05, 3.63) is 57.1 Å². The number of aryl methyl sites for hydroxylation is 2. The average Bonchev–Trinajstić information content (AvgIpc) is 3.32. The van der Waals surface area contributed by atoms with Gasteiger partial charge in [-0.25, -0.2) is 4.79 Å². The molecule has 8 nitrogen and oxygen atoms in total. The molecule has 9 heteroatoms. The van der Waals surface area contributed by atoms with Crippen LogP contribution in [0.25, 0.3) is 27.4 Å². The number of fused-ring (bicyclic) bond motifs is 1. The number of carbonyl (C=O) groups excluding carboxylic acids is 1. The maximum Gasteiger partial charge on any atom is 0.340 e. The van der Waals surface area contributed by atoms with E-state index in [2.05, 4.69) is 20.2 Å². The molecule has 0 aliphatic carbocycles. The fraction of sp³-hybridized carbons (Fsp3) is 0.167. The van der Waals surface area contributed by atoms with Crippen molar-refractivity contribution in [1.29, 1.82) is 0 Å². The van der Waals surface area contributed by atoms with Crippen LogP contribution in [0.5, 0.6) is 0 Å². The molecule has 4 rings (SSSR count). The van der Waals surface area contributed by atoms with Crippen LogP contribution in [0, 0.1) is 13.8 Å². The van der Waals surface area contributed by atoms with E-state index in [-0.39, 0.29) is 17.1 Å². The molecule has 27 heavy (non-hydrogen) atoms. The number of ether oxygens (including phenoxy) is 1. The third-order valence-corrected chi connectivity index (χ3v) is 5.13. The number of nitrogens with one attached hydrogen (secondary N) is 1. The van der Waals surface area contributed by atoms with E-state index in [4.69, 9.17) is 4.74 Å². The van der Waals surface area contributed by atoms with Crippen LogP contribution in [-0.4, -0.2) is 37.8 Å². The van der Waals surface area contributed by atoms with Crippen molar-refractivity contribution < 1.29 is 9.53 Å². The van der Waals surface area contributed by atoms with Crippen molar-refractivity contribution in [3.63, 3.8) is 0 Å². The maximum absolute atomic E-state index is 13.1. The minimum Gasteiger partial charge on any atom is -0.465 e. The SMILES string of the molecule is COC(=O)c1c(C)nc(C)c2c(=O)n(-c3n[nH]c(-c4cccs4)n3)ccc12. The number of aromatic nitrogens is 5. The summed E-state index contributed by atoms with van der Waals surface area (Å²) in [5.41, 5.74) is 0.987. The van der Waals surface area contributed by atoms with Crippen LogP contribution in [0.2, 0.25) is 0 Å². The Bertz CT molecular complexity index is 1220. The van der Waals surface area contributed by atoms with Gasteiger partial charge in [0.25, 0.3) is 11.5 Å². The topological polar surface area (TPSA) is 103 Å². The largest absolute Gasteiger partial charge is 0.465 e. The van der Waals surface area contributed by atoms with Gasteiger partial charge in [-0.05, 0) is 31.4 Å². The number of H-pyrrole nitrogens is 1. The van der Waals surface area contributed by atoms with Crippen LogP contribution >= 0.6 is 11.3 Å². The number of pyridine rings is 2. The van der Waals surface area contributed by atoms with Gasteiger partial charge < -0.3 is 4.74 Å². The lowest BCUT2D eigenvalue weighted by Crippen LogP contribution is -2.21. The van der Waals surface area contributed by atoms with Crippen LogP contribution < -0.4 is 5.56 Å². The highest BCUT2D eigenvalue weighted by Gasteiger charge is 2.20. The molecule has 0 spiro atoms. The standard InChI is InChI=1S/C18H15N5O3S/c1-9-13-11(14(10(2)19-9)17(25)26-3)6-7-23(16(13)24)18-20-15(21-22-18)12-5-4-8-27-12/h4-8H,1-3H3,(H,20,21,22). The maximum atomic E-state index is 13.1. The highest BCUT2D eigenvalue weighted by Crippen LogP contribution is 2.23. The third kappa shape index (κ3) is 2.72. The van der Waals surface area contributed by atoms with Gasteiger partial charge in [0.15, 0.2) is 5.82 Å². The zero-order valence-corrected chi connectivity index (χ0v) is 15.6. The molecule has 0 amide bonds. The van der Waals surface area contributed by atoms with Gasteiger partial charge in [0.2, 0.25) is 0 Å². The molecule has 0 radical (unpaired) electrons.